The zero-order valence-electron chi connectivity index (χ0n) is 8.06. The topological polar surface area (TPSA) is 12.0 Å². The van der Waals surface area contributed by atoms with Gasteiger partial charge in [-0.1, -0.05) is 34.1 Å². The van der Waals surface area contributed by atoms with E-state index >= 15 is 0 Å². The Kier molecular flexibility index (Phi) is 2.62. The lowest BCUT2D eigenvalue weighted by atomic mass is 9.89. The van der Waals surface area contributed by atoms with Crippen LogP contribution in [0, 0.1) is 0 Å². The molecular formula is C11H13BrFN. The van der Waals surface area contributed by atoms with E-state index in [1.807, 2.05) is 31.2 Å². The van der Waals surface area contributed by atoms with Crippen LogP contribution in [0.25, 0.3) is 0 Å². The summed E-state index contributed by atoms with van der Waals surface area (Å²) in [6.45, 7) is 2.67. The summed E-state index contributed by atoms with van der Waals surface area (Å²) in [6, 6.07) is 7.81. The smallest absolute Gasteiger partial charge is 0.123 e. The van der Waals surface area contributed by atoms with Crippen molar-refractivity contribution in [1.29, 1.82) is 0 Å². The van der Waals surface area contributed by atoms with Crippen LogP contribution >= 0.6 is 15.9 Å². The van der Waals surface area contributed by atoms with Crippen LogP contribution in [-0.4, -0.2) is 12.7 Å². The third-order valence-electron chi connectivity index (χ3n) is 2.95. The fourth-order valence-corrected chi connectivity index (χ4v) is 2.70. The first-order valence-electron chi connectivity index (χ1n) is 4.79. The predicted molar refractivity (Wildman–Crippen MR) is 59.0 cm³/mol. The maximum atomic E-state index is 13.8. The number of alkyl halides is 1. The molecule has 1 N–H and O–H groups in total. The second-order valence-corrected chi connectivity index (χ2v) is 4.72. The summed E-state index contributed by atoms with van der Waals surface area (Å²) in [4.78, 5) is 0. The van der Waals surface area contributed by atoms with Gasteiger partial charge in [0.25, 0.3) is 0 Å². The molecule has 76 valence electrons. The molecule has 1 fully saturated rings. The number of halogens is 2. The summed E-state index contributed by atoms with van der Waals surface area (Å²) in [5.41, 5.74) is 0.477. The molecule has 2 rings (SSSR count). The van der Waals surface area contributed by atoms with Crippen LogP contribution in [0.5, 0.6) is 0 Å². The van der Waals surface area contributed by atoms with Crippen molar-refractivity contribution in [2.45, 2.75) is 25.1 Å². The van der Waals surface area contributed by atoms with E-state index < -0.39 is 11.7 Å². The summed E-state index contributed by atoms with van der Waals surface area (Å²) < 4.78 is 14.7. The van der Waals surface area contributed by atoms with Gasteiger partial charge in [-0.25, -0.2) is 4.39 Å². The van der Waals surface area contributed by atoms with Gasteiger partial charge in [0.15, 0.2) is 0 Å². The van der Waals surface area contributed by atoms with Crippen molar-refractivity contribution in [2.75, 3.05) is 6.54 Å². The fourth-order valence-electron chi connectivity index (χ4n) is 2.00. The maximum absolute atomic E-state index is 13.8. The van der Waals surface area contributed by atoms with E-state index in [-0.39, 0.29) is 0 Å². The van der Waals surface area contributed by atoms with Gasteiger partial charge in [0.2, 0.25) is 0 Å². The van der Waals surface area contributed by atoms with Gasteiger partial charge in [-0.15, -0.1) is 0 Å². The molecular weight excluding hydrogens is 245 g/mol. The average molecular weight is 258 g/mol. The minimum atomic E-state index is -0.804. The summed E-state index contributed by atoms with van der Waals surface area (Å²) in [5, 5.41) is 3.23. The lowest BCUT2D eigenvalue weighted by molar-refractivity contribution is 0.219. The van der Waals surface area contributed by atoms with Gasteiger partial charge in [-0.05, 0) is 31.5 Å². The molecule has 1 nitrogen and oxygen atoms in total. The average Bonchev–Trinajstić information content (AvgIpc) is 2.49. The first-order valence-corrected chi connectivity index (χ1v) is 5.58. The third-order valence-corrected chi connectivity index (χ3v) is 3.64. The highest BCUT2D eigenvalue weighted by Gasteiger charge is 2.41. The second-order valence-electron chi connectivity index (χ2n) is 3.87. The number of benzene rings is 1. The van der Waals surface area contributed by atoms with Gasteiger partial charge >= 0.3 is 0 Å². The molecule has 0 aromatic heterocycles. The van der Waals surface area contributed by atoms with Gasteiger partial charge in [-0.3, -0.25) is 0 Å². The lowest BCUT2D eigenvalue weighted by Gasteiger charge is -2.28. The first kappa shape index (κ1) is 10.1. The molecule has 1 heterocycles. The first-order chi connectivity index (χ1) is 6.64. The van der Waals surface area contributed by atoms with Crippen LogP contribution in [0.3, 0.4) is 0 Å². The Morgan fingerprint density at radius 1 is 1.50 bits per heavy atom. The van der Waals surface area contributed by atoms with Crippen LogP contribution in [0.4, 0.5) is 4.39 Å². The van der Waals surface area contributed by atoms with E-state index in [4.69, 9.17) is 0 Å². The van der Waals surface area contributed by atoms with E-state index in [0.29, 0.717) is 6.42 Å². The second kappa shape index (κ2) is 3.63. The zero-order valence-corrected chi connectivity index (χ0v) is 9.64. The molecule has 0 aliphatic carbocycles. The minimum absolute atomic E-state index is 0.528. The molecule has 0 saturated carbocycles. The molecule has 1 saturated heterocycles. The molecule has 2 atom stereocenters. The molecule has 1 aliphatic heterocycles. The van der Waals surface area contributed by atoms with Crippen molar-refractivity contribution in [1.82, 2.24) is 5.32 Å². The van der Waals surface area contributed by atoms with Gasteiger partial charge < -0.3 is 5.32 Å². The maximum Gasteiger partial charge on any atom is 0.123 e. The van der Waals surface area contributed by atoms with Gasteiger partial charge in [0, 0.05) is 4.47 Å². The van der Waals surface area contributed by atoms with Crippen molar-refractivity contribution in [3.05, 3.63) is 34.3 Å². The molecule has 1 aromatic carbocycles. The van der Waals surface area contributed by atoms with Crippen molar-refractivity contribution in [2.24, 2.45) is 0 Å². The number of rotatable bonds is 1. The molecule has 0 spiro atoms. The van der Waals surface area contributed by atoms with Gasteiger partial charge in [-0.2, -0.15) is 0 Å². The quantitative estimate of drug-likeness (QED) is 0.816. The Hall–Kier alpha value is -0.410. The SMILES string of the molecule is CC1(c2ccccc2Br)NCCC1F. The van der Waals surface area contributed by atoms with Crippen LogP contribution in [0.1, 0.15) is 18.9 Å². The van der Waals surface area contributed by atoms with Crippen molar-refractivity contribution < 1.29 is 4.39 Å². The molecule has 0 radical (unpaired) electrons. The third kappa shape index (κ3) is 1.48. The summed E-state index contributed by atoms with van der Waals surface area (Å²) >= 11 is 3.46. The van der Waals surface area contributed by atoms with E-state index in [0.717, 1.165) is 16.6 Å². The zero-order chi connectivity index (χ0) is 10.2. The molecule has 2 unspecified atom stereocenters. The number of nitrogens with one attached hydrogen (secondary N) is 1. The highest BCUT2D eigenvalue weighted by atomic mass is 79.9. The molecule has 14 heavy (non-hydrogen) atoms. The molecule has 1 aromatic rings. The Bertz CT molecular complexity index is 342. The summed E-state index contributed by atoms with van der Waals surface area (Å²) in [7, 11) is 0. The van der Waals surface area contributed by atoms with Crippen molar-refractivity contribution >= 4 is 15.9 Å². The van der Waals surface area contributed by atoms with E-state index in [1.165, 1.54) is 0 Å². The highest BCUT2D eigenvalue weighted by molar-refractivity contribution is 9.10. The van der Waals surface area contributed by atoms with Crippen molar-refractivity contribution in [3.8, 4) is 0 Å². The van der Waals surface area contributed by atoms with Crippen LogP contribution in [0.15, 0.2) is 28.7 Å². The van der Waals surface area contributed by atoms with Gasteiger partial charge in [0.05, 0.1) is 5.54 Å². The van der Waals surface area contributed by atoms with Crippen LogP contribution < -0.4 is 5.32 Å². The molecule has 1 aliphatic rings. The van der Waals surface area contributed by atoms with Crippen LogP contribution in [0.2, 0.25) is 0 Å². The van der Waals surface area contributed by atoms with Crippen molar-refractivity contribution in [3.63, 3.8) is 0 Å². The van der Waals surface area contributed by atoms with E-state index in [9.17, 15) is 4.39 Å². The minimum Gasteiger partial charge on any atom is -0.305 e. The molecule has 0 bridgehead atoms. The summed E-state index contributed by atoms with van der Waals surface area (Å²) in [6.07, 6.45) is -0.209. The fraction of sp³-hybridized carbons (Fsp3) is 0.455. The number of hydrogen-bond donors (Lipinski definition) is 1. The Balaban J connectivity index is 2.43. The number of hydrogen-bond acceptors (Lipinski definition) is 1. The van der Waals surface area contributed by atoms with E-state index in [1.54, 1.807) is 0 Å². The largest absolute Gasteiger partial charge is 0.305 e. The monoisotopic (exact) mass is 257 g/mol. The Morgan fingerprint density at radius 2 is 2.21 bits per heavy atom. The summed E-state index contributed by atoms with van der Waals surface area (Å²) in [5.74, 6) is 0. The predicted octanol–water partition coefficient (Wildman–Crippen LogP) is 3.00. The van der Waals surface area contributed by atoms with Gasteiger partial charge in [0.1, 0.15) is 6.17 Å². The van der Waals surface area contributed by atoms with Crippen LogP contribution in [-0.2, 0) is 5.54 Å². The Labute approximate surface area is 91.8 Å². The normalized spacial score (nSPS) is 32.1. The highest BCUT2D eigenvalue weighted by Crippen LogP contribution is 2.36. The Morgan fingerprint density at radius 3 is 2.79 bits per heavy atom. The molecule has 0 amide bonds. The van der Waals surface area contributed by atoms with E-state index in [2.05, 4.69) is 21.2 Å². The molecule has 3 heteroatoms. The lowest BCUT2D eigenvalue weighted by Crippen LogP contribution is -2.40. The standard InChI is InChI=1S/C11H13BrFN/c1-11(10(13)6-7-14-11)8-4-2-3-5-9(8)12/h2-5,10,14H,6-7H2,1H3.